The lowest BCUT2D eigenvalue weighted by atomic mass is 9.95. The lowest BCUT2D eigenvalue weighted by Gasteiger charge is -2.42. The molecule has 5 atom stereocenters. The zero-order valence-corrected chi connectivity index (χ0v) is 19.2. The number of nitrogens with zero attached hydrogens (tertiary/aromatic N) is 6. The molecule has 2 aromatic carbocycles. The summed E-state index contributed by atoms with van der Waals surface area (Å²) in [5.41, 5.74) is 0.880. The zero-order chi connectivity index (χ0) is 26.6. The second-order valence-corrected chi connectivity index (χ2v) is 8.69. The molecule has 0 aliphatic carbocycles. The molecule has 1 fully saturated rings. The Morgan fingerprint density at radius 3 is 2.47 bits per heavy atom. The summed E-state index contributed by atoms with van der Waals surface area (Å²) >= 11 is 0. The standard InChI is InChI=1S/C23H19F3N6O6/c24-12-3-11(4-13(25)19(12)26)14-7-31(30-28-14)20-21(34)18(8-33)38-23(22(20)35)32-15(6-27-29-32)10-1-2-16-17(5-10)37-9-36-16/h1-7,18,20-23,33-35H,8-9H2/t18-,20+,21+,22-,23-/m1/s1. The number of benzene rings is 2. The summed E-state index contributed by atoms with van der Waals surface area (Å²) in [4.78, 5) is 0. The molecule has 1 saturated heterocycles. The quantitative estimate of drug-likeness (QED) is 0.320. The Morgan fingerprint density at radius 2 is 1.71 bits per heavy atom. The van der Waals surface area contributed by atoms with Gasteiger partial charge in [0.05, 0.1) is 24.7 Å². The van der Waals surface area contributed by atoms with Gasteiger partial charge >= 0.3 is 0 Å². The Hall–Kier alpha value is -4.05. The van der Waals surface area contributed by atoms with E-state index in [1.165, 1.54) is 17.1 Å². The van der Waals surface area contributed by atoms with Crippen molar-refractivity contribution >= 4 is 0 Å². The lowest BCUT2D eigenvalue weighted by molar-refractivity contribution is -0.233. The third-order valence-electron chi connectivity index (χ3n) is 6.45. The second kappa shape index (κ2) is 9.36. The minimum absolute atomic E-state index is 0.0485. The van der Waals surface area contributed by atoms with E-state index in [1.807, 2.05) is 0 Å². The first-order valence-electron chi connectivity index (χ1n) is 11.3. The fraction of sp³-hybridized carbons (Fsp3) is 0.304. The fourth-order valence-electron chi connectivity index (χ4n) is 4.55. The molecule has 15 heteroatoms. The molecule has 2 aliphatic rings. The van der Waals surface area contributed by atoms with Gasteiger partial charge in [-0.2, -0.15) is 0 Å². The number of aliphatic hydroxyl groups is 3. The van der Waals surface area contributed by atoms with Crippen LogP contribution in [0.1, 0.15) is 12.3 Å². The van der Waals surface area contributed by atoms with E-state index < -0.39 is 54.6 Å². The fourth-order valence-corrected chi connectivity index (χ4v) is 4.55. The second-order valence-electron chi connectivity index (χ2n) is 8.69. The Morgan fingerprint density at radius 1 is 0.947 bits per heavy atom. The molecule has 0 bridgehead atoms. The number of hydrogen-bond acceptors (Lipinski definition) is 10. The van der Waals surface area contributed by atoms with E-state index in [4.69, 9.17) is 14.2 Å². The van der Waals surface area contributed by atoms with Crippen molar-refractivity contribution in [1.29, 1.82) is 0 Å². The molecule has 12 nitrogen and oxygen atoms in total. The highest BCUT2D eigenvalue weighted by Gasteiger charge is 2.47. The molecule has 0 unspecified atom stereocenters. The minimum Gasteiger partial charge on any atom is -0.454 e. The van der Waals surface area contributed by atoms with Gasteiger partial charge in [-0.1, -0.05) is 10.4 Å². The van der Waals surface area contributed by atoms with Crippen molar-refractivity contribution in [3.63, 3.8) is 0 Å². The maximum atomic E-state index is 13.7. The number of aromatic nitrogens is 6. The molecule has 6 rings (SSSR count). The van der Waals surface area contributed by atoms with Crippen LogP contribution in [0.15, 0.2) is 42.7 Å². The average Bonchev–Trinajstić information content (AvgIpc) is 3.68. The van der Waals surface area contributed by atoms with Crippen LogP contribution < -0.4 is 9.47 Å². The highest BCUT2D eigenvalue weighted by atomic mass is 19.2. The number of hydrogen-bond donors (Lipinski definition) is 3. The van der Waals surface area contributed by atoms with Gasteiger partial charge in [-0.25, -0.2) is 22.5 Å². The average molecular weight is 532 g/mol. The lowest BCUT2D eigenvalue weighted by Crippen LogP contribution is -2.54. The summed E-state index contributed by atoms with van der Waals surface area (Å²) in [5.74, 6) is -3.39. The molecule has 2 aliphatic heterocycles. The van der Waals surface area contributed by atoms with Crippen molar-refractivity contribution < 1.29 is 42.7 Å². The predicted molar refractivity (Wildman–Crippen MR) is 119 cm³/mol. The van der Waals surface area contributed by atoms with E-state index >= 15 is 0 Å². The van der Waals surface area contributed by atoms with Gasteiger partial charge in [0, 0.05) is 11.1 Å². The van der Waals surface area contributed by atoms with Crippen LogP contribution in [-0.4, -0.2) is 77.0 Å². The third kappa shape index (κ3) is 3.96. The van der Waals surface area contributed by atoms with Crippen LogP contribution in [0.5, 0.6) is 11.5 Å². The molecular formula is C23H19F3N6O6. The van der Waals surface area contributed by atoms with Crippen LogP contribution in [0.4, 0.5) is 13.2 Å². The maximum Gasteiger partial charge on any atom is 0.231 e. The summed E-state index contributed by atoms with van der Waals surface area (Å²) in [6, 6.07) is 5.39. The van der Waals surface area contributed by atoms with E-state index in [-0.39, 0.29) is 18.1 Å². The van der Waals surface area contributed by atoms with E-state index in [9.17, 15) is 28.5 Å². The number of aliphatic hydroxyl groups excluding tert-OH is 3. The molecule has 0 radical (unpaired) electrons. The maximum absolute atomic E-state index is 13.7. The van der Waals surface area contributed by atoms with Gasteiger partial charge in [0.25, 0.3) is 0 Å². The number of rotatable bonds is 5. The van der Waals surface area contributed by atoms with Gasteiger partial charge in [-0.3, -0.25) is 0 Å². The first-order chi connectivity index (χ1) is 18.4. The van der Waals surface area contributed by atoms with Crippen molar-refractivity contribution in [2.45, 2.75) is 30.6 Å². The highest BCUT2D eigenvalue weighted by Crippen LogP contribution is 2.39. The van der Waals surface area contributed by atoms with Crippen molar-refractivity contribution in [1.82, 2.24) is 30.0 Å². The van der Waals surface area contributed by atoms with Gasteiger partial charge in [0.1, 0.15) is 30.0 Å². The van der Waals surface area contributed by atoms with Crippen molar-refractivity contribution in [2.24, 2.45) is 0 Å². The molecule has 4 aromatic rings. The predicted octanol–water partition coefficient (Wildman–Crippen LogP) is 1.20. The number of fused-ring (bicyclic) bond motifs is 1. The monoisotopic (exact) mass is 532 g/mol. The van der Waals surface area contributed by atoms with Gasteiger partial charge in [0.2, 0.25) is 6.79 Å². The first kappa shape index (κ1) is 24.3. The Bertz CT molecular complexity index is 1480. The van der Waals surface area contributed by atoms with Crippen LogP contribution in [0.25, 0.3) is 22.5 Å². The molecule has 0 amide bonds. The Labute approximate surface area is 211 Å². The zero-order valence-electron chi connectivity index (χ0n) is 19.2. The van der Waals surface area contributed by atoms with Gasteiger partial charge in [-0.05, 0) is 30.3 Å². The van der Waals surface area contributed by atoms with Crippen molar-refractivity contribution in [3.8, 4) is 34.0 Å². The van der Waals surface area contributed by atoms with Crippen LogP contribution in [0, 0.1) is 17.5 Å². The minimum atomic E-state index is -1.63. The van der Waals surface area contributed by atoms with Crippen molar-refractivity contribution in [2.75, 3.05) is 13.4 Å². The molecular weight excluding hydrogens is 513 g/mol. The number of ether oxygens (including phenoxy) is 3. The smallest absolute Gasteiger partial charge is 0.231 e. The summed E-state index contributed by atoms with van der Waals surface area (Å²) in [5, 5.41) is 47.8. The van der Waals surface area contributed by atoms with Crippen molar-refractivity contribution in [3.05, 3.63) is 60.2 Å². The van der Waals surface area contributed by atoms with Crippen LogP contribution in [0.2, 0.25) is 0 Å². The normalized spacial score (nSPS) is 24.6. The van der Waals surface area contributed by atoms with Gasteiger partial charge in [-0.15, -0.1) is 10.2 Å². The summed E-state index contributed by atoms with van der Waals surface area (Å²) < 4.78 is 59.8. The van der Waals surface area contributed by atoms with E-state index in [0.29, 0.717) is 22.8 Å². The summed E-state index contributed by atoms with van der Waals surface area (Å²) in [7, 11) is 0. The van der Waals surface area contributed by atoms with E-state index in [2.05, 4.69) is 20.6 Å². The molecule has 3 N–H and O–H groups in total. The SMILES string of the molecule is OC[C@H]1O[C@@H](n2nncc2-c2ccc3c(c2)OCO3)[C@H](O)[C@@H](n2cc(-c3cc(F)c(F)c(F)c3)nn2)[C@H]1O. The molecule has 0 saturated carbocycles. The molecule has 38 heavy (non-hydrogen) atoms. The van der Waals surface area contributed by atoms with E-state index in [0.717, 1.165) is 16.8 Å². The molecule has 2 aromatic heterocycles. The topological polar surface area (TPSA) is 150 Å². The van der Waals surface area contributed by atoms with E-state index in [1.54, 1.807) is 18.2 Å². The Balaban J connectivity index is 1.35. The molecule has 198 valence electrons. The Kier molecular flexibility index (Phi) is 5.98. The number of halogens is 3. The summed E-state index contributed by atoms with van der Waals surface area (Å²) in [6.07, 6.45) is -2.77. The highest BCUT2D eigenvalue weighted by molar-refractivity contribution is 5.64. The van der Waals surface area contributed by atoms with Crippen LogP contribution >= 0.6 is 0 Å². The van der Waals surface area contributed by atoms with Gasteiger partial charge in [0.15, 0.2) is 35.2 Å². The van der Waals surface area contributed by atoms with Crippen LogP contribution in [0.3, 0.4) is 0 Å². The first-order valence-corrected chi connectivity index (χ1v) is 11.3. The largest absolute Gasteiger partial charge is 0.454 e. The molecule has 0 spiro atoms. The summed E-state index contributed by atoms with van der Waals surface area (Å²) in [6.45, 7) is -0.541. The third-order valence-corrected chi connectivity index (χ3v) is 6.45. The van der Waals surface area contributed by atoms with Crippen LogP contribution in [-0.2, 0) is 4.74 Å². The van der Waals surface area contributed by atoms with Gasteiger partial charge < -0.3 is 29.5 Å². The molecule has 4 heterocycles.